The molecule has 1 fully saturated rings. The Morgan fingerprint density at radius 2 is 1.70 bits per heavy atom. The minimum absolute atomic E-state index is 0.457. The molecule has 0 radical (unpaired) electrons. The van der Waals surface area contributed by atoms with Crippen LogP contribution >= 0.6 is 0 Å². The maximum absolute atomic E-state index is 5.69. The molecule has 0 heterocycles. The third-order valence-corrected chi connectivity index (χ3v) is 3.09. The molecule has 10 heavy (non-hydrogen) atoms. The van der Waals surface area contributed by atoms with Crippen molar-refractivity contribution >= 4 is 0 Å². The first-order valence-electron chi connectivity index (χ1n) is 4.27. The van der Waals surface area contributed by atoms with E-state index in [1.54, 1.807) is 0 Å². The molecule has 1 heteroatoms. The largest absolute Gasteiger partial charge is 0.330 e. The van der Waals surface area contributed by atoms with Crippen LogP contribution in [-0.4, -0.2) is 6.54 Å². The average Bonchev–Trinajstić information content (AvgIpc) is 2.10. The van der Waals surface area contributed by atoms with E-state index < -0.39 is 0 Å². The highest BCUT2D eigenvalue weighted by molar-refractivity contribution is 4.88. The Kier molecular flexibility index (Phi) is 2.04. The molecule has 0 unspecified atom stereocenters. The lowest BCUT2D eigenvalue weighted by Crippen LogP contribution is -2.23. The fraction of sp³-hybridized carbons (Fsp3) is 1.00. The minimum Gasteiger partial charge on any atom is -0.330 e. The summed E-state index contributed by atoms with van der Waals surface area (Å²) in [6.45, 7) is 7.85. The molecule has 0 aromatic carbocycles. The topological polar surface area (TPSA) is 26.0 Å². The van der Waals surface area contributed by atoms with E-state index in [0.717, 1.165) is 18.4 Å². The Balaban J connectivity index is 2.55. The first-order valence-corrected chi connectivity index (χ1v) is 4.27. The highest BCUT2D eigenvalue weighted by atomic mass is 14.6. The van der Waals surface area contributed by atoms with Crippen LogP contribution in [-0.2, 0) is 0 Å². The quantitative estimate of drug-likeness (QED) is 0.594. The second-order valence-electron chi connectivity index (χ2n) is 4.38. The lowest BCUT2D eigenvalue weighted by Gasteiger charge is -2.20. The van der Waals surface area contributed by atoms with E-state index >= 15 is 0 Å². The van der Waals surface area contributed by atoms with Crippen LogP contribution in [0, 0.1) is 17.3 Å². The molecule has 2 N–H and O–H groups in total. The van der Waals surface area contributed by atoms with E-state index in [4.69, 9.17) is 5.73 Å². The Hall–Kier alpha value is -0.0400. The monoisotopic (exact) mass is 141 g/mol. The van der Waals surface area contributed by atoms with Crippen molar-refractivity contribution < 1.29 is 0 Å². The fourth-order valence-electron chi connectivity index (χ4n) is 2.21. The van der Waals surface area contributed by atoms with Crippen molar-refractivity contribution in [2.24, 2.45) is 23.0 Å². The summed E-state index contributed by atoms with van der Waals surface area (Å²) in [6, 6.07) is 0. The summed E-state index contributed by atoms with van der Waals surface area (Å²) in [6.07, 6.45) is 2.65. The zero-order valence-electron chi connectivity index (χ0n) is 7.35. The molecule has 0 saturated heterocycles. The van der Waals surface area contributed by atoms with Crippen LogP contribution in [0.1, 0.15) is 33.6 Å². The second-order valence-corrected chi connectivity index (χ2v) is 4.38. The molecule has 0 aromatic rings. The number of hydrogen-bond donors (Lipinski definition) is 1. The van der Waals surface area contributed by atoms with Gasteiger partial charge in [0.15, 0.2) is 0 Å². The van der Waals surface area contributed by atoms with Gasteiger partial charge >= 0.3 is 0 Å². The van der Waals surface area contributed by atoms with E-state index in [-0.39, 0.29) is 0 Å². The van der Waals surface area contributed by atoms with Crippen molar-refractivity contribution in [3.63, 3.8) is 0 Å². The van der Waals surface area contributed by atoms with Gasteiger partial charge in [0.2, 0.25) is 0 Å². The van der Waals surface area contributed by atoms with Crippen molar-refractivity contribution in [2.75, 3.05) is 6.54 Å². The molecule has 1 aliphatic rings. The summed E-state index contributed by atoms with van der Waals surface area (Å²) in [5.41, 5.74) is 6.15. The second kappa shape index (κ2) is 2.54. The molecule has 0 aliphatic heterocycles. The Labute approximate surface area is 64.0 Å². The summed E-state index contributed by atoms with van der Waals surface area (Å²) in [4.78, 5) is 0. The lowest BCUT2D eigenvalue weighted by atomic mass is 9.88. The van der Waals surface area contributed by atoms with Crippen molar-refractivity contribution in [3.05, 3.63) is 0 Å². The Morgan fingerprint density at radius 3 is 1.90 bits per heavy atom. The van der Waals surface area contributed by atoms with Crippen LogP contribution in [0.15, 0.2) is 0 Å². The third-order valence-electron chi connectivity index (χ3n) is 3.09. The number of nitrogens with two attached hydrogens (primary N) is 1. The molecule has 0 spiro atoms. The van der Waals surface area contributed by atoms with Crippen LogP contribution in [0.2, 0.25) is 0 Å². The molecule has 0 bridgehead atoms. The van der Waals surface area contributed by atoms with Gasteiger partial charge in [-0.3, -0.25) is 0 Å². The summed E-state index contributed by atoms with van der Waals surface area (Å²) >= 11 is 0. The molecule has 0 aromatic heterocycles. The van der Waals surface area contributed by atoms with E-state index in [9.17, 15) is 0 Å². The van der Waals surface area contributed by atoms with Crippen molar-refractivity contribution in [1.82, 2.24) is 0 Å². The predicted molar refractivity (Wildman–Crippen MR) is 44.7 cm³/mol. The van der Waals surface area contributed by atoms with Gasteiger partial charge in [0, 0.05) is 0 Å². The summed E-state index contributed by atoms with van der Waals surface area (Å²) < 4.78 is 0. The average molecular weight is 141 g/mol. The van der Waals surface area contributed by atoms with Crippen LogP contribution in [0.5, 0.6) is 0 Å². The number of hydrogen-bond acceptors (Lipinski definition) is 1. The highest BCUT2D eigenvalue weighted by Crippen LogP contribution is 2.43. The van der Waals surface area contributed by atoms with Gasteiger partial charge in [-0.1, -0.05) is 20.8 Å². The van der Waals surface area contributed by atoms with Gasteiger partial charge < -0.3 is 5.73 Å². The van der Waals surface area contributed by atoms with Crippen molar-refractivity contribution in [3.8, 4) is 0 Å². The molecule has 0 amide bonds. The fourth-order valence-corrected chi connectivity index (χ4v) is 2.21. The molecule has 2 atom stereocenters. The standard InChI is InChI=1S/C9H19N/c1-7-4-9(3,6-10)5-8(7)2/h7-8H,4-6,10H2,1-3H3/t7-,8-/m0/s1. The van der Waals surface area contributed by atoms with E-state index in [0.29, 0.717) is 5.41 Å². The third kappa shape index (κ3) is 1.34. The predicted octanol–water partition coefficient (Wildman–Crippen LogP) is 2.02. The van der Waals surface area contributed by atoms with Gasteiger partial charge in [-0.25, -0.2) is 0 Å². The molecule has 1 rings (SSSR count). The van der Waals surface area contributed by atoms with Crippen LogP contribution in [0.3, 0.4) is 0 Å². The Bertz CT molecular complexity index is 110. The normalized spacial score (nSPS) is 38.4. The van der Waals surface area contributed by atoms with Crippen molar-refractivity contribution in [2.45, 2.75) is 33.6 Å². The first-order chi connectivity index (χ1) is 4.57. The first kappa shape index (κ1) is 8.06. The molecular formula is C9H19N. The number of rotatable bonds is 1. The van der Waals surface area contributed by atoms with Crippen molar-refractivity contribution in [1.29, 1.82) is 0 Å². The lowest BCUT2D eigenvalue weighted by molar-refractivity contribution is 0.333. The maximum Gasteiger partial charge on any atom is -0.00230 e. The minimum atomic E-state index is 0.457. The van der Waals surface area contributed by atoms with E-state index in [1.807, 2.05) is 0 Å². The maximum atomic E-state index is 5.69. The van der Waals surface area contributed by atoms with Crippen LogP contribution in [0.4, 0.5) is 0 Å². The van der Waals surface area contributed by atoms with Gasteiger partial charge in [-0.2, -0.15) is 0 Å². The van der Waals surface area contributed by atoms with Gasteiger partial charge in [0.05, 0.1) is 0 Å². The van der Waals surface area contributed by atoms with E-state index in [2.05, 4.69) is 20.8 Å². The van der Waals surface area contributed by atoms with Gasteiger partial charge in [0.25, 0.3) is 0 Å². The SMILES string of the molecule is C[C@H]1CC(C)(CN)C[C@@H]1C. The van der Waals surface area contributed by atoms with Crippen LogP contribution in [0.25, 0.3) is 0 Å². The molecule has 1 nitrogen and oxygen atoms in total. The molecule has 60 valence electrons. The zero-order valence-corrected chi connectivity index (χ0v) is 7.35. The van der Waals surface area contributed by atoms with Gasteiger partial charge in [0.1, 0.15) is 0 Å². The van der Waals surface area contributed by atoms with E-state index in [1.165, 1.54) is 12.8 Å². The smallest absolute Gasteiger partial charge is 0.00230 e. The van der Waals surface area contributed by atoms with Gasteiger partial charge in [-0.05, 0) is 36.6 Å². The Morgan fingerprint density at radius 1 is 1.30 bits per heavy atom. The molecule has 1 aliphatic carbocycles. The molecule has 1 saturated carbocycles. The van der Waals surface area contributed by atoms with Crippen LogP contribution < -0.4 is 5.73 Å². The highest BCUT2D eigenvalue weighted by Gasteiger charge is 2.36. The summed E-state index contributed by atoms with van der Waals surface area (Å²) in [5.74, 6) is 1.77. The molecular weight excluding hydrogens is 122 g/mol. The summed E-state index contributed by atoms with van der Waals surface area (Å²) in [7, 11) is 0. The zero-order chi connectivity index (χ0) is 7.78. The van der Waals surface area contributed by atoms with Gasteiger partial charge in [-0.15, -0.1) is 0 Å². The summed E-state index contributed by atoms with van der Waals surface area (Å²) in [5, 5.41) is 0.